The summed E-state index contributed by atoms with van der Waals surface area (Å²) in [5.74, 6) is 0. The molecule has 0 aliphatic carbocycles. The second-order valence-electron chi connectivity index (χ2n) is 5.04. The molecule has 0 aromatic heterocycles. The summed E-state index contributed by atoms with van der Waals surface area (Å²) in [6, 6.07) is 8.12. The topological polar surface area (TPSA) is 18.8 Å². The molecule has 1 saturated heterocycles. The van der Waals surface area contributed by atoms with Gasteiger partial charge in [0.1, 0.15) is 0 Å². The monoisotopic (exact) mass is 275 g/mol. The molecule has 3 nitrogen and oxygen atoms in total. The van der Waals surface area contributed by atoms with Gasteiger partial charge in [0.05, 0.1) is 10.8 Å². The van der Waals surface area contributed by atoms with Crippen molar-refractivity contribution >= 4 is 28.8 Å². The molecule has 0 amide bonds. The molecule has 1 aromatic carbocycles. The van der Waals surface area contributed by atoms with Gasteiger partial charge in [-0.2, -0.15) is 4.99 Å². The smallest absolute Gasteiger partial charge is 0.0741 e. The highest BCUT2D eigenvalue weighted by atomic mass is 32.1. The Morgan fingerprint density at radius 2 is 1.95 bits per heavy atom. The van der Waals surface area contributed by atoms with Crippen molar-refractivity contribution in [3.63, 3.8) is 0 Å². The number of benzene rings is 1. The molecule has 1 aromatic rings. The summed E-state index contributed by atoms with van der Waals surface area (Å²) < 4.78 is 0. The third-order valence-corrected chi connectivity index (χ3v) is 3.72. The van der Waals surface area contributed by atoms with Crippen LogP contribution in [0.2, 0.25) is 0 Å². The largest absolute Gasteiger partial charge is 0.375 e. The lowest BCUT2D eigenvalue weighted by atomic mass is 10.2. The third kappa shape index (κ3) is 4.43. The summed E-state index contributed by atoms with van der Waals surface area (Å²) in [7, 11) is 2.14. The second-order valence-corrected chi connectivity index (χ2v) is 5.23. The molecular formula is C15H21N3S. The Balaban J connectivity index is 1.78. The molecule has 0 radical (unpaired) electrons. The molecule has 2 rings (SSSR count). The van der Waals surface area contributed by atoms with Crippen molar-refractivity contribution in [3.8, 4) is 0 Å². The van der Waals surface area contributed by atoms with E-state index < -0.39 is 0 Å². The molecule has 0 N–H and O–H groups in total. The van der Waals surface area contributed by atoms with Crippen molar-refractivity contribution in [1.82, 2.24) is 4.90 Å². The van der Waals surface area contributed by atoms with Crippen molar-refractivity contribution in [2.24, 2.45) is 4.99 Å². The van der Waals surface area contributed by atoms with Gasteiger partial charge in [0.2, 0.25) is 0 Å². The van der Waals surface area contributed by atoms with E-state index in [-0.39, 0.29) is 0 Å². The van der Waals surface area contributed by atoms with E-state index in [1.54, 1.807) is 0 Å². The molecule has 0 atom stereocenters. The van der Waals surface area contributed by atoms with Crippen LogP contribution in [0, 0.1) is 0 Å². The number of likely N-dealkylation sites (tertiary alicyclic amines) is 1. The highest BCUT2D eigenvalue weighted by Gasteiger charge is 2.10. The van der Waals surface area contributed by atoms with Crippen LogP contribution in [0.1, 0.15) is 19.3 Å². The lowest BCUT2D eigenvalue weighted by Crippen LogP contribution is -2.26. The molecule has 102 valence electrons. The van der Waals surface area contributed by atoms with Gasteiger partial charge in [0.25, 0.3) is 0 Å². The summed E-state index contributed by atoms with van der Waals surface area (Å²) in [6.07, 6.45) is 3.96. The SMILES string of the molecule is CN(CCCN1CCCC1)c1ccc(N=C=S)cc1. The Bertz CT molecular complexity index is 431. The van der Waals surface area contributed by atoms with Crippen LogP contribution in [0.5, 0.6) is 0 Å². The van der Waals surface area contributed by atoms with E-state index in [1.165, 1.54) is 44.6 Å². The average molecular weight is 275 g/mol. The number of thiocarbonyl (C=S) groups is 1. The molecule has 4 heteroatoms. The van der Waals surface area contributed by atoms with Gasteiger partial charge in [-0.1, -0.05) is 0 Å². The number of hydrogen-bond donors (Lipinski definition) is 0. The van der Waals surface area contributed by atoms with E-state index in [4.69, 9.17) is 0 Å². The zero-order valence-electron chi connectivity index (χ0n) is 11.5. The zero-order valence-corrected chi connectivity index (χ0v) is 12.3. The van der Waals surface area contributed by atoms with Crippen molar-refractivity contribution in [2.45, 2.75) is 19.3 Å². The maximum atomic E-state index is 4.60. The van der Waals surface area contributed by atoms with Gasteiger partial charge in [0, 0.05) is 19.3 Å². The van der Waals surface area contributed by atoms with Crippen molar-refractivity contribution in [2.75, 3.05) is 38.1 Å². The highest BCUT2D eigenvalue weighted by Crippen LogP contribution is 2.18. The van der Waals surface area contributed by atoms with Crippen LogP contribution >= 0.6 is 12.2 Å². The van der Waals surface area contributed by atoms with E-state index in [2.05, 4.69) is 51.4 Å². The van der Waals surface area contributed by atoms with Crippen molar-refractivity contribution in [3.05, 3.63) is 24.3 Å². The van der Waals surface area contributed by atoms with Crippen LogP contribution in [0.15, 0.2) is 29.3 Å². The number of hydrogen-bond acceptors (Lipinski definition) is 4. The van der Waals surface area contributed by atoms with Crippen LogP contribution in [0.4, 0.5) is 11.4 Å². The number of nitrogens with zero attached hydrogens (tertiary/aromatic N) is 3. The van der Waals surface area contributed by atoms with Crippen LogP contribution in [0.3, 0.4) is 0 Å². The van der Waals surface area contributed by atoms with Gasteiger partial charge >= 0.3 is 0 Å². The number of isothiocyanates is 1. The van der Waals surface area contributed by atoms with Gasteiger partial charge in [-0.15, -0.1) is 0 Å². The van der Waals surface area contributed by atoms with Gasteiger partial charge in [-0.25, -0.2) is 0 Å². The van der Waals surface area contributed by atoms with Crippen LogP contribution < -0.4 is 4.90 Å². The van der Waals surface area contributed by atoms with Gasteiger partial charge < -0.3 is 9.80 Å². The molecule has 1 aliphatic heterocycles. The van der Waals surface area contributed by atoms with Crippen LogP contribution in [-0.4, -0.2) is 43.3 Å². The molecule has 1 aliphatic rings. The predicted molar refractivity (Wildman–Crippen MR) is 84.7 cm³/mol. The van der Waals surface area contributed by atoms with E-state index in [9.17, 15) is 0 Å². The standard InChI is InChI=1S/C15H21N3S/c1-17(9-4-12-18-10-2-3-11-18)15-7-5-14(6-8-15)16-13-19/h5-8H,2-4,9-12H2,1H3. The average Bonchev–Trinajstić information content (AvgIpc) is 2.93. The minimum Gasteiger partial charge on any atom is -0.375 e. The first kappa shape index (κ1) is 14.2. The van der Waals surface area contributed by atoms with Crippen molar-refractivity contribution in [1.29, 1.82) is 0 Å². The van der Waals surface area contributed by atoms with E-state index in [0.29, 0.717) is 0 Å². The predicted octanol–water partition coefficient (Wildman–Crippen LogP) is 3.34. The Morgan fingerprint density at radius 3 is 2.58 bits per heavy atom. The van der Waals surface area contributed by atoms with Gasteiger partial charge in [-0.3, -0.25) is 0 Å². The molecule has 0 bridgehead atoms. The Hall–Kier alpha value is -1.22. The minimum atomic E-state index is 0.865. The molecule has 0 unspecified atom stereocenters. The first-order chi connectivity index (χ1) is 9.29. The van der Waals surface area contributed by atoms with E-state index in [0.717, 1.165) is 12.2 Å². The fraction of sp³-hybridized carbons (Fsp3) is 0.533. The van der Waals surface area contributed by atoms with E-state index >= 15 is 0 Å². The fourth-order valence-corrected chi connectivity index (χ4v) is 2.61. The maximum absolute atomic E-state index is 4.60. The lowest BCUT2D eigenvalue weighted by Gasteiger charge is -2.21. The molecule has 1 heterocycles. The fourth-order valence-electron chi connectivity index (χ4n) is 2.50. The molecule has 1 fully saturated rings. The number of aliphatic imine (C=N–C) groups is 1. The van der Waals surface area contributed by atoms with Crippen LogP contribution in [0.25, 0.3) is 0 Å². The van der Waals surface area contributed by atoms with Gasteiger partial charge in [-0.05, 0) is 75.4 Å². The first-order valence-electron chi connectivity index (χ1n) is 6.91. The minimum absolute atomic E-state index is 0.865. The van der Waals surface area contributed by atoms with Crippen LogP contribution in [-0.2, 0) is 0 Å². The molecule has 0 saturated carbocycles. The number of rotatable bonds is 6. The number of anilines is 1. The summed E-state index contributed by atoms with van der Waals surface area (Å²) in [4.78, 5) is 8.81. The Labute approximate surface area is 120 Å². The summed E-state index contributed by atoms with van der Waals surface area (Å²) >= 11 is 4.60. The normalized spacial score (nSPS) is 15.2. The summed E-state index contributed by atoms with van der Waals surface area (Å²) in [6.45, 7) is 4.88. The zero-order chi connectivity index (χ0) is 13.5. The first-order valence-corrected chi connectivity index (χ1v) is 7.32. The summed E-state index contributed by atoms with van der Waals surface area (Å²) in [5, 5.41) is 2.39. The quantitative estimate of drug-likeness (QED) is 0.586. The third-order valence-electron chi connectivity index (χ3n) is 3.63. The molecule has 0 spiro atoms. The maximum Gasteiger partial charge on any atom is 0.0741 e. The van der Waals surface area contributed by atoms with Crippen molar-refractivity contribution < 1.29 is 0 Å². The molecular weight excluding hydrogens is 254 g/mol. The molecule has 19 heavy (non-hydrogen) atoms. The Kier molecular flexibility index (Phi) is 5.52. The summed E-state index contributed by atoms with van der Waals surface area (Å²) in [5.41, 5.74) is 2.09. The lowest BCUT2D eigenvalue weighted by molar-refractivity contribution is 0.335. The van der Waals surface area contributed by atoms with Gasteiger partial charge in [0.15, 0.2) is 0 Å². The second kappa shape index (κ2) is 7.39. The van der Waals surface area contributed by atoms with E-state index in [1.807, 2.05) is 12.1 Å². The Morgan fingerprint density at radius 1 is 1.26 bits per heavy atom. The highest BCUT2D eigenvalue weighted by molar-refractivity contribution is 7.78.